The highest BCUT2D eigenvalue weighted by atomic mass is 35.5. The van der Waals surface area contributed by atoms with Crippen LogP contribution in [-0.2, 0) is 26.8 Å². The molecule has 11 heteroatoms. The summed E-state index contributed by atoms with van der Waals surface area (Å²) in [5.41, 5.74) is 0.188. The quantitative estimate of drug-likeness (QED) is 0.545. The van der Waals surface area contributed by atoms with E-state index >= 15 is 0 Å². The molecule has 2 aromatic rings. The molecule has 1 fully saturated rings. The van der Waals surface area contributed by atoms with Crippen molar-refractivity contribution < 1.29 is 22.4 Å². The molecule has 4 N–H and O–H groups in total. The Labute approximate surface area is 197 Å². The summed E-state index contributed by atoms with van der Waals surface area (Å²) in [6.45, 7) is 3.70. The smallest absolute Gasteiger partial charge is 0.276 e. The zero-order chi connectivity index (χ0) is 24.6. The predicted octanol–water partition coefficient (Wildman–Crippen LogP) is 2.43. The molecule has 2 aromatic carbocycles. The molecule has 178 valence electrons. The topological polar surface area (TPSA) is 122 Å². The molecule has 0 radical (unpaired) electrons. The Morgan fingerprint density at radius 1 is 1.24 bits per heavy atom. The summed E-state index contributed by atoms with van der Waals surface area (Å²) in [6.07, 6.45) is 0.666. The molecule has 0 aromatic heterocycles. The third-order valence-electron chi connectivity index (χ3n) is 5.63. The van der Waals surface area contributed by atoms with E-state index in [1.54, 1.807) is 12.1 Å². The van der Waals surface area contributed by atoms with Gasteiger partial charge in [0, 0.05) is 20.1 Å². The van der Waals surface area contributed by atoms with Crippen molar-refractivity contribution in [2.45, 2.75) is 25.7 Å². The second-order valence-electron chi connectivity index (χ2n) is 8.50. The van der Waals surface area contributed by atoms with Crippen molar-refractivity contribution in [2.24, 2.45) is 11.1 Å². The van der Waals surface area contributed by atoms with Crippen LogP contribution in [0.2, 0.25) is 5.02 Å². The lowest BCUT2D eigenvalue weighted by Gasteiger charge is -2.48. The van der Waals surface area contributed by atoms with E-state index in [2.05, 4.69) is 10.6 Å². The Kier molecular flexibility index (Phi) is 7.13. The van der Waals surface area contributed by atoms with E-state index in [4.69, 9.17) is 16.7 Å². The van der Waals surface area contributed by atoms with Gasteiger partial charge < -0.3 is 10.6 Å². The number of nitrogens with zero attached hydrogens (tertiary/aromatic N) is 1. The van der Waals surface area contributed by atoms with Crippen LogP contribution >= 0.6 is 11.6 Å². The highest BCUT2D eigenvalue weighted by Crippen LogP contribution is 2.40. The van der Waals surface area contributed by atoms with Gasteiger partial charge in [0.25, 0.3) is 16.1 Å². The van der Waals surface area contributed by atoms with E-state index in [0.29, 0.717) is 12.0 Å². The lowest BCUT2D eigenvalue weighted by Crippen LogP contribution is -2.67. The number of anilines is 1. The highest BCUT2D eigenvalue weighted by molar-refractivity contribution is 7.86. The van der Waals surface area contributed by atoms with Gasteiger partial charge >= 0.3 is 0 Å². The fourth-order valence-corrected chi connectivity index (χ4v) is 4.96. The summed E-state index contributed by atoms with van der Waals surface area (Å²) in [5.74, 6) is -1.67. The number of rotatable bonds is 7. The summed E-state index contributed by atoms with van der Waals surface area (Å²) in [4.78, 5) is 25.9. The van der Waals surface area contributed by atoms with Crippen molar-refractivity contribution in [1.29, 1.82) is 0 Å². The molecule has 1 saturated heterocycles. The molecule has 1 aliphatic heterocycles. The Bertz CT molecular complexity index is 1200. The van der Waals surface area contributed by atoms with E-state index in [1.165, 1.54) is 7.05 Å². The Hall–Kier alpha value is -2.53. The zero-order valence-corrected chi connectivity index (χ0v) is 20.1. The molecule has 0 bridgehead atoms. The first-order valence-electron chi connectivity index (χ1n) is 10.3. The van der Waals surface area contributed by atoms with E-state index in [1.807, 2.05) is 26.0 Å². The summed E-state index contributed by atoms with van der Waals surface area (Å²) in [7, 11) is -2.62. The fourth-order valence-electron chi connectivity index (χ4n) is 3.99. The maximum atomic E-state index is 14.2. The first-order valence-corrected chi connectivity index (χ1v) is 12.2. The molecule has 0 aliphatic carbocycles. The van der Waals surface area contributed by atoms with Gasteiger partial charge in [-0.05, 0) is 35.6 Å². The summed E-state index contributed by atoms with van der Waals surface area (Å²) in [5, 5.41) is 10.1. The molecule has 1 heterocycles. The monoisotopic (exact) mass is 496 g/mol. The lowest BCUT2D eigenvalue weighted by molar-refractivity contribution is -0.125. The summed E-state index contributed by atoms with van der Waals surface area (Å²) < 4.78 is 39.0. The van der Waals surface area contributed by atoms with Crippen molar-refractivity contribution >= 4 is 39.3 Å². The van der Waals surface area contributed by atoms with Crippen LogP contribution in [0.5, 0.6) is 0 Å². The number of carbonyl (C=O) groups excluding carboxylic acids is 2. The third-order valence-corrected chi connectivity index (χ3v) is 6.90. The molecule has 33 heavy (non-hydrogen) atoms. The number of carbonyl (C=O) groups is 2. The predicted molar refractivity (Wildman–Crippen MR) is 125 cm³/mol. The average Bonchev–Trinajstić information content (AvgIpc) is 2.69. The fraction of sp³-hybridized carbons (Fsp3) is 0.364. The van der Waals surface area contributed by atoms with Crippen LogP contribution in [0, 0.1) is 11.7 Å². The molecule has 1 aliphatic rings. The van der Waals surface area contributed by atoms with E-state index < -0.39 is 33.3 Å². The van der Waals surface area contributed by atoms with Gasteiger partial charge in [-0.2, -0.15) is 12.7 Å². The number of hydrogen-bond donors (Lipinski definition) is 3. The molecular weight excluding hydrogens is 471 g/mol. The average molecular weight is 497 g/mol. The van der Waals surface area contributed by atoms with Gasteiger partial charge in [-0.15, -0.1) is 0 Å². The number of amides is 2. The van der Waals surface area contributed by atoms with Gasteiger partial charge in [-0.1, -0.05) is 49.7 Å². The van der Waals surface area contributed by atoms with Crippen molar-refractivity contribution in [2.75, 3.05) is 25.5 Å². The van der Waals surface area contributed by atoms with E-state index in [9.17, 15) is 22.4 Å². The Balaban J connectivity index is 2.07. The van der Waals surface area contributed by atoms with Crippen LogP contribution in [0.15, 0.2) is 36.4 Å². The number of benzene rings is 2. The maximum Gasteiger partial charge on any atom is 0.276 e. The van der Waals surface area contributed by atoms with Crippen LogP contribution in [0.3, 0.4) is 0 Å². The second kappa shape index (κ2) is 9.38. The standard InChI is InChI=1S/C22H26ClFN4O4S/c1-13(2)8-14-6-4-5-7-16(14)22(11-28(12-22)33(25,31)32)21(30)27-19-10-18(24)17(23)9-15(19)20(29)26-3/h4-7,9-10,13H,8,11-12H2,1-3H3,(H,26,29)(H,27,30)(H2,25,31,32). The van der Waals surface area contributed by atoms with Crippen molar-refractivity contribution in [3.63, 3.8) is 0 Å². The molecule has 0 saturated carbocycles. The van der Waals surface area contributed by atoms with Crippen LogP contribution in [0.1, 0.15) is 35.3 Å². The van der Waals surface area contributed by atoms with Gasteiger partial charge in [0.1, 0.15) is 11.2 Å². The zero-order valence-electron chi connectivity index (χ0n) is 18.5. The number of nitrogens with one attached hydrogen (secondary N) is 2. The van der Waals surface area contributed by atoms with E-state index in [0.717, 1.165) is 22.0 Å². The molecular formula is C22H26ClFN4O4S. The summed E-state index contributed by atoms with van der Waals surface area (Å²) >= 11 is 5.83. The molecule has 8 nitrogen and oxygen atoms in total. The van der Waals surface area contributed by atoms with Crippen LogP contribution < -0.4 is 15.8 Å². The molecule has 0 atom stereocenters. The van der Waals surface area contributed by atoms with Gasteiger partial charge in [0.15, 0.2) is 0 Å². The van der Waals surface area contributed by atoms with Gasteiger partial charge in [-0.25, -0.2) is 9.53 Å². The molecule has 3 rings (SSSR count). The van der Waals surface area contributed by atoms with Gasteiger partial charge in [0.2, 0.25) is 5.91 Å². The van der Waals surface area contributed by atoms with Crippen molar-refractivity contribution in [3.05, 3.63) is 63.9 Å². The molecule has 0 unspecified atom stereocenters. The molecule has 0 spiro atoms. The lowest BCUT2D eigenvalue weighted by atomic mass is 9.71. The first kappa shape index (κ1) is 25.1. The Morgan fingerprint density at radius 2 is 1.88 bits per heavy atom. The van der Waals surface area contributed by atoms with Gasteiger partial charge in [0.05, 0.1) is 16.3 Å². The van der Waals surface area contributed by atoms with Crippen LogP contribution in [0.25, 0.3) is 0 Å². The number of halogens is 2. The SMILES string of the molecule is CNC(=O)c1cc(Cl)c(F)cc1NC(=O)C1(c2ccccc2CC(C)C)CN(S(N)(=O)=O)C1. The number of nitrogens with two attached hydrogens (primary N) is 1. The minimum atomic E-state index is -4.01. The van der Waals surface area contributed by atoms with E-state index in [-0.39, 0.29) is 35.3 Å². The largest absolute Gasteiger partial charge is 0.355 e. The van der Waals surface area contributed by atoms with Gasteiger partial charge in [-0.3, -0.25) is 9.59 Å². The number of hydrogen-bond acceptors (Lipinski definition) is 4. The van der Waals surface area contributed by atoms with Crippen LogP contribution in [0.4, 0.5) is 10.1 Å². The summed E-state index contributed by atoms with van der Waals surface area (Å²) in [6, 6.07) is 9.38. The highest BCUT2D eigenvalue weighted by Gasteiger charge is 2.54. The molecule has 2 amide bonds. The third kappa shape index (κ3) is 5.03. The van der Waals surface area contributed by atoms with Crippen molar-refractivity contribution in [1.82, 2.24) is 9.62 Å². The maximum absolute atomic E-state index is 14.2. The Morgan fingerprint density at radius 3 is 2.45 bits per heavy atom. The first-order chi connectivity index (χ1) is 15.4. The minimum absolute atomic E-state index is 0.0227. The normalized spacial score (nSPS) is 15.7. The second-order valence-corrected chi connectivity index (χ2v) is 10.4. The van der Waals surface area contributed by atoms with Crippen molar-refractivity contribution in [3.8, 4) is 0 Å². The minimum Gasteiger partial charge on any atom is -0.355 e. The van der Waals surface area contributed by atoms with Crippen LogP contribution in [-0.4, -0.2) is 44.7 Å².